The molecule has 5 nitrogen and oxygen atoms in total. The smallest absolute Gasteiger partial charge is 0.231 e. The maximum Gasteiger partial charge on any atom is 0.231 e. The summed E-state index contributed by atoms with van der Waals surface area (Å²) in [5, 5.41) is 0. The molecule has 1 aromatic carbocycles. The zero-order chi connectivity index (χ0) is 17.8. The molecule has 3 rings (SSSR count). The fourth-order valence-electron chi connectivity index (χ4n) is 4.33. The van der Waals surface area contributed by atoms with Crippen molar-refractivity contribution in [1.29, 1.82) is 0 Å². The molecular weight excluding hydrogens is 314 g/mol. The Bertz CT molecular complexity index is 606. The zero-order valence-corrected chi connectivity index (χ0v) is 15.1. The molecule has 1 heterocycles. The molecule has 1 aromatic rings. The molecule has 0 saturated carbocycles. The van der Waals surface area contributed by atoms with Crippen molar-refractivity contribution >= 4 is 11.8 Å². The summed E-state index contributed by atoms with van der Waals surface area (Å²) >= 11 is 0. The van der Waals surface area contributed by atoms with Gasteiger partial charge in [-0.15, -0.1) is 0 Å². The lowest BCUT2D eigenvalue weighted by atomic mass is 9.95. The average molecular weight is 343 g/mol. The second kappa shape index (κ2) is 8.00. The number of nitrogens with two attached hydrogens (primary N) is 1. The molecule has 2 N–H and O–H groups in total. The highest BCUT2D eigenvalue weighted by atomic mass is 16.2. The van der Waals surface area contributed by atoms with E-state index in [1.54, 1.807) is 0 Å². The number of rotatable bonds is 6. The number of hydrogen-bond acceptors (Lipinski definition) is 3. The molecule has 0 aromatic heterocycles. The van der Waals surface area contributed by atoms with Crippen molar-refractivity contribution in [2.75, 3.05) is 26.2 Å². The van der Waals surface area contributed by atoms with Crippen molar-refractivity contribution in [1.82, 2.24) is 9.80 Å². The summed E-state index contributed by atoms with van der Waals surface area (Å²) in [5.41, 5.74) is 8.08. The maximum atomic E-state index is 13.2. The standard InChI is InChI=1S/C20H29N3O2/c1-2-9-23(18-11-15-6-3-4-7-16(15)12-18)20(25)17-8-5-10-22(13-17)14-19(21)24/h3-4,6-7,17-18H,2,5,8-14H2,1H3,(H2,21,24)/t17-/m0/s1. The van der Waals surface area contributed by atoms with Gasteiger partial charge in [0.05, 0.1) is 12.5 Å². The van der Waals surface area contributed by atoms with Gasteiger partial charge in [-0.05, 0) is 49.8 Å². The fourth-order valence-corrected chi connectivity index (χ4v) is 4.33. The van der Waals surface area contributed by atoms with E-state index in [4.69, 9.17) is 5.73 Å². The summed E-state index contributed by atoms with van der Waals surface area (Å²) in [6.45, 7) is 4.70. The summed E-state index contributed by atoms with van der Waals surface area (Å²) in [4.78, 5) is 28.6. The largest absolute Gasteiger partial charge is 0.369 e. The van der Waals surface area contributed by atoms with Gasteiger partial charge in [-0.25, -0.2) is 0 Å². The Hall–Kier alpha value is -1.88. The average Bonchev–Trinajstić information content (AvgIpc) is 3.02. The van der Waals surface area contributed by atoms with Crippen LogP contribution >= 0.6 is 0 Å². The highest BCUT2D eigenvalue weighted by molar-refractivity contribution is 5.80. The van der Waals surface area contributed by atoms with Crippen molar-refractivity contribution in [3.05, 3.63) is 35.4 Å². The minimum Gasteiger partial charge on any atom is -0.369 e. The molecule has 0 spiro atoms. The minimum absolute atomic E-state index is 0.0108. The van der Waals surface area contributed by atoms with E-state index in [1.165, 1.54) is 11.1 Å². The molecule has 136 valence electrons. The maximum absolute atomic E-state index is 13.2. The number of benzene rings is 1. The minimum atomic E-state index is -0.315. The normalized spacial score (nSPS) is 21.1. The number of likely N-dealkylation sites (tertiary alicyclic amines) is 1. The Kier molecular flexibility index (Phi) is 5.74. The first-order valence-corrected chi connectivity index (χ1v) is 9.46. The molecule has 0 radical (unpaired) electrons. The van der Waals surface area contributed by atoms with Crippen molar-refractivity contribution in [2.24, 2.45) is 11.7 Å². The molecular formula is C20H29N3O2. The van der Waals surface area contributed by atoms with Gasteiger partial charge in [0, 0.05) is 19.1 Å². The third-order valence-electron chi connectivity index (χ3n) is 5.45. The molecule has 2 amide bonds. The van der Waals surface area contributed by atoms with Gasteiger partial charge in [0.15, 0.2) is 0 Å². The van der Waals surface area contributed by atoms with E-state index in [-0.39, 0.29) is 30.3 Å². The monoisotopic (exact) mass is 343 g/mol. The second-order valence-electron chi connectivity index (χ2n) is 7.40. The van der Waals surface area contributed by atoms with Crippen molar-refractivity contribution in [3.63, 3.8) is 0 Å². The Labute approximate surface area is 150 Å². The number of piperidine rings is 1. The number of carbonyl (C=O) groups is 2. The number of amides is 2. The summed E-state index contributed by atoms with van der Waals surface area (Å²) in [5.74, 6) is -0.0676. The lowest BCUT2D eigenvalue weighted by molar-refractivity contribution is -0.140. The van der Waals surface area contributed by atoms with Crippen LogP contribution in [0, 0.1) is 5.92 Å². The lowest BCUT2D eigenvalue weighted by Crippen LogP contribution is -2.50. The van der Waals surface area contributed by atoms with Crippen LogP contribution in [0.1, 0.15) is 37.3 Å². The van der Waals surface area contributed by atoms with Crippen molar-refractivity contribution in [2.45, 2.75) is 45.1 Å². The van der Waals surface area contributed by atoms with E-state index >= 15 is 0 Å². The third kappa shape index (κ3) is 4.21. The molecule has 0 bridgehead atoms. The van der Waals surface area contributed by atoms with Crippen LogP contribution in [0.2, 0.25) is 0 Å². The molecule has 1 saturated heterocycles. The van der Waals surface area contributed by atoms with E-state index in [1.807, 2.05) is 4.90 Å². The van der Waals surface area contributed by atoms with Crippen LogP contribution in [-0.4, -0.2) is 53.8 Å². The van der Waals surface area contributed by atoms with Crippen LogP contribution in [0.5, 0.6) is 0 Å². The number of nitrogens with zero attached hydrogens (tertiary/aromatic N) is 2. The summed E-state index contributed by atoms with van der Waals surface area (Å²) in [6, 6.07) is 8.79. The Morgan fingerprint density at radius 2 is 1.92 bits per heavy atom. The Morgan fingerprint density at radius 1 is 1.24 bits per heavy atom. The van der Waals surface area contributed by atoms with Crippen LogP contribution in [0.25, 0.3) is 0 Å². The van der Waals surface area contributed by atoms with Crippen LogP contribution in [-0.2, 0) is 22.4 Å². The number of fused-ring (bicyclic) bond motifs is 1. The molecule has 5 heteroatoms. The van der Waals surface area contributed by atoms with Gasteiger partial charge >= 0.3 is 0 Å². The molecule has 0 unspecified atom stereocenters. The van der Waals surface area contributed by atoms with E-state index < -0.39 is 0 Å². The first-order chi connectivity index (χ1) is 12.1. The first kappa shape index (κ1) is 17.9. The first-order valence-electron chi connectivity index (χ1n) is 9.46. The fraction of sp³-hybridized carbons (Fsp3) is 0.600. The highest BCUT2D eigenvalue weighted by Crippen LogP contribution is 2.28. The molecule has 2 aliphatic rings. The van der Waals surface area contributed by atoms with Gasteiger partial charge < -0.3 is 10.6 Å². The number of carbonyl (C=O) groups excluding carboxylic acids is 2. The van der Waals surface area contributed by atoms with Gasteiger partial charge in [0.1, 0.15) is 0 Å². The molecule has 1 aliphatic heterocycles. The number of primary amides is 1. The van der Waals surface area contributed by atoms with Gasteiger partial charge in [-0.1, -0.05) is 31.2 Å². The predicted molar refractivity (Wildman–Crippen MR) is 98.0 cm³/mol. The zero-order valence-electron chi connectivity index (χ0n) is 15.1. The highest BCUT2D eigenvalue weighted by Gasteiger charge is 2.34. The van der Waals surface area contributed by atoms with Crippen LogP contribution < -0.4 is 5.73 Å². The Balaban J connectivity index is 1.68. The van der Waals surface area contributed by atoms with E-state index in [9.17, 15) is 9.59 Å². The molecule has 1 fully saturated rings. The summed E-state index contributed by atoms with van der Waals surface area (Å²) < 4.78 is 0. The quantitative estimate of drug-likeness (QED) is 0.853. The van der Waals surface area contributed by atoms with E-state index in [0.717, 1.165) is 45.2 Å². The lowest BCUT2D eigenvalue weighted by Gasteiger charge is -2.36. The van der Waals surface area contributed by atoms with Crippen LogP contribution in [0.3, 0.4) is 0 Å². The van der Waals surface area contributed by atoms with Gasteiger partial charge in [-0.2, -0.15) is 0 Å². The van der Waals surface area contributed by atoms with Crippen molar-refractivity contribution < 1.29 is 9.59 Å². The summed E-state index contributed by atoms with van der Waals surface area (Å²) in [7, 11) is 0. The van der Waals surface area contributed by atoms with Gasteiger partial charge in [-0.3, -0.25) is 14.5 Å². The molecule has 25 heavy (non-hydrogen) atoms. The third-order valence-corrected chi connectivity index (χ3v) is 5.45. The van der Waals surface area contributed by atoms with Crippen LogP contribution in [0.4, 0.5) is 0 Å². The number of hydrogen-bond donors (Lipinski definition) is 1. The SMILES string of the molecule is CCCN(C(=O)[C@H]1CCCN(CC(N)=O)C1)C1Cc2ccccc2C1. The molecule has 1 atom stereocenters. The second-order valence-corrected chi connectivity index (χ2v) is 7.40. The van der Waals surface area contributed by atoms with Crippen LogP contribution in [0.15, 0.2) is 24.3 Å². The van der Waals surface area contributed by atoms with Gasteiger partial charge in [0.25, 0.3) is 0 Å². The van der Waals surface area contributed by atoms with Gasteiger partial charge in [0.2, 0.25) is 11.8 Å². The van der Waals surface area contributed by atoms with E-state index in [0.29, 0.717) is 6.54 Å². The Morgan fingerprint density at radius 3 is 2.52 bits per heavy atom. The summed E-state index contributed by atoms with van der Waals surface area (Å²) in [6.07, 6.45) is 4.75. The predicted octanol–water partition coefficient (Wildman–Crippen LogP) is 1.59. The molecule has 1 aliphatic carbocycles. The topological polar surface area (TPSA) is 66.6 Å². The van der Waals surface area contributed by atoms with Crippen molar-refractivity contribution in [3.8, 4) is 0 Å². The van der Waals surface area contributed by atoms with E-state index in [2.05, 4.69) is 36.1 Å².